The van der Waals surface area contributed by atoms with Crippen molar-refractivity contribution in [2.45, 2.75) is 39.8 Å². The minimum Gasteiger partial charge on any atom is -0.362 e. The van der Waals surface area contributed by atoms with Gasteiger partial charge in [0.15, 0.2) is 0 Å². The number of benzene rings is 1. The minimum absolute atomic E-state index is 0.404. The van der Waals surface area contributed by atoms with E-state index in [0.29, 0.717) is 18.7 Å². The monoisotopic (exact) mass is 285 g/mol. The molecule has 1 nitrogen and oxygen atoms in total. The highest BCUT2D eigenvalue weighted by atomic mass is 19.4. The number of rotatable bonds is 6. The van der Waals surface area contributed by atoms with Gasteiger partial charge in [0.05, 0.1) is 0 Å². The molecule has 0 fully saturated rings. The molecule has 0 aliphatic rings. The van der Waals surface area contributed by atoms with Crippen LogP contribution in [0.3, 0.4) is 0 Å². The first-order valence-corrected chi connectivity index (χ1v) is 6.96. The van der Waals surface area contributed by atoms with Crippen molar-refractivity contribution in [1.82, 2.24) is 0 Å². The molecule has 0 bridgehead atoms. The third-order valence-corrected chi connectivity index (χ3v) is 2.98. The summed E-state index contributed by atoms with van der Waals surface area (Å²) in [4.78, 5) is 1.42. The average molecular weight is 285 g/mol. The first-order valence-electron chi connectivity index (χ1n) is 6.96. The van der Waals surface area contributed by atoms with E-state index in [9.17, 15) is 13.2 Å². The molecule has 0 aromatic heterocycles. The first kappa shape index (κ1) is 16.6. The predicted molar refractivity (Wildman–Crippen MR) is 79.1 cm³/mol. The van der Waals surface area contributed by atoms with E-state index in [1.54, 1.807) is 0 Å². The minimum atomic E-state index is -4.18. The van der Waals surface area contributed by atoms with Crippen molar-refractivity contribution in [3.8, 4) is 0 Å². The van der Waals surface area contributed by atoms with Gasteiger partial charge in [-0.25, -0.2) is 0 Å². The zero-order chi connectivity index (χ0) is 15.2. The molecule has 0 saturated carbocycles. The summed E-state index contributed by atoms with van der Waals surface area (Å²) in [6.07, 6.45) is 1.36. The Kier molecular flexibility index (Phi) is 6.11. The Balaban J connectivity index is 3.07. The van der Waals surface area contributed by atoms with Crippen molar-refractivity contribution >= 4 is 11.8 Å². The second-order valence-corrected chi connectivity index (χ2v) is 4.89. The molecule has 0 unspecified atom stereocenters. The van der Waals surface area contributed by atoms with Crippen molar-refractivity contribution in [3.05, 3.63) is 35.4 Å². The van der Waals surface area contributed by atoms with E-state index < -0.39 is 12.7 Å². The summed E-state index contributed by atoms with van der Waals surface area (Å²) < 4.78 is 38.1. The third-order valence-electron chi connectivity index (χ3n) is 2.98. The number of allylic oxidation sites excluding steroid dienone is 1. The number of halogens is 3. The molecule has 0 heterocycles. The zero-order valence-electron chi connectivity index (χ0n) is 12.3. The Morgan fingerprint density at radius 2 is 1.90 bits per heavy atom. The summed E-state index contributed by atoms with van der Waals surface area (Å²) in [6.45, 7) is 5.27. The summed E-state index contributed by atoms with van der Waals surface area (Å²) in [6, 6.07) is 5.65. The molecule has 0 aliphatic heterocycles. The molecule has 0 radical (unpaired) electrons. The van der Waals surface area contributed by atoms with E-state index in [-0.39, 0.29) is 0 Å². The summed E-state index contributed by atoms with van der Waals surface area (Å²) in [5.74, 6) is 0. The average Bonchev–Trinajstić information content (AvgIpc) is 2.36. The molecule has 0 spiro atoms. The van der Waals surface area contributed by atoms with Gasteiger partial charge in [0.2, 0.25) is 0 Å². The molecule has 0 N–H and O–H groups in total. The van der Waals surface area contributed by atoms with Gasteiger partial charge in [-0.1, -0.05) is 38.1 Å². The number of hydrogen-bond acceptors (Lipinski definition) is 1. The maximum atomic E-state index is 12.7. The third kappa shape index (κ3) is 5.27. The first-order chi connectivity index (χ1) is 9.37. The summed E-state index contributed by atoms with van der Waals surface area (Å²) >= 11 is 0. The highest BCUT2D eigenvalue weighted by Gasteiger charge is 2.31. The number of anilines is 1. The van der Waals surface area contributed by atoms with Gasteiger partial charge in [0.1, 0.15) is 6.54 Å². The second-order valence-electron chi connectivity index (χ2n) is 4.89. The maximum absolute atomic E-state index is 12.7. The molecule has 112 valence electrons. The van der Waals surface area contributed by atoms with Gasteiger partial charge in [-0.3, -0.25) is 0 Å². The fourth-order valence-electron chi connectivity index (χ4n) is 2.10. The number of alkyl halides is 3. The predicted octanol–water partition coefficient (Wildman–Crippen LogP) is 5.20. The highest BCUT2D eigenvalue weighted by molar-refractivity contribution is 5.62. The molecule has 4 heteroatoms. The van der Waals surface area contributed by atoms with Gasteiger partial charge < -0.3 is 4.90 Å². The Morgan fingerprint density at radius 1 is 1.20 bits per heavy atom. The smallest absolute Gasteiger partial charge is 0.362 e. The lowest BCUT2D eigenvalue weighted by molar-refractivity contribution is -0.119. The lowest BCUT2D eigenvalue weighted by Crippen LogP contribution is -2.35. The SMILES string of the molecule is CCC=Cc1ccc(C)c(N(CCC)CC(F)(F)F)c1. The number of nitrogens with zero attached hydrogens (tertiary/aromatic N) is 1. The molecule has 0 atom stereocenters. The van der Waals surface area contributed by atoms with E-state index in [1.807, 2.05) is 51.1 Å². The Hall–Kier alpha value is -1.45. The van der Waals surface area contributed by atoms with Crippen LogP contribution in [0.5, 0.6) is 0 Å². The molecular formula is C16H22F3N. The van der Waals surface area contributed by atoms with Crippen LogP contribution in [0.1, 0.15) is 37.8 Å². The van der Waals surface area contributed by atoms with E-state index in [4.69, 9.17) is 0 Å². The zero-order valence-corrected chi connectivity index (χ0v) is 12.3. The number of aryl methyl sites for hydroxylation is 1. The standard InChI is InChI=1S/C16H22F3N/c1-4-6-7-14-9-8-13(3)15(11-14)20(10-5-2)12-16(17,18)19/h6-9,11H,4-5,10,12H2,1-3H3. The van der Waals surface area contributed by atoms with Crippen LogP contribution in [-0.2, 0) is 0 Å². The second kappa shape index (κ2) is 7.36. The fourth-order valence-corrected chi connectivity index (χ4v) is 2.10. The molecule has 1 aromatic rings. The Morgan fingerprint density at radius 3 is 2.45 bits per heavy atom. The molecule has 20 heavy (non-hydrogen) atoms. The highest BCUT2D eigenvalue weighted by Crippen LogP contribution is 2.26. The molecule has 0 aliphatic carbocycles. The quantitative estimate of drug-likeness (QED) is 0.694. The van der Waals surface area contributed by atoms with Gasteiger partial charge in [0, 0.05) is 12.2 Å². The summed E-state index contributed by atoms with van der Waals surface area (Å²) in [5.41, 5.74) is 2.48. The molecule has 0 saturated heterocycles. The van der Waals surface area contributed by atoms with Crippen LogP contribution in [-0.4, -0.2) is 19.3 Å². The largest absolute Gasteiger partial charge is 0.405 e. The molecular weight excluding hydrogens is 263 g/mol. The van der Waals surface area contributed by atoms with Gasteiger partial charge in [-0.2, -0.15) is 13.2 Å². The Labute approximate surface area is 119 Å². The van der Waals surface area contributed by atoms with Crippen molar-refractivity contribution in [3.63, 3.8) is 0 Å². The number of hydrogen-bond donors (Lipinski definition) is 0. The topological polar surface area (TPSA) is 3.24 Å². The van der Waals surface area contributed by atoms with Crippen LogP contribution in [0.2, 0.25) is 0 Å². The fraction of sp³-hybridized carbons (Fsp3) is 0.500. The van der Waals surface area contributed by atoms with Crippen molar-refractivity contribution in [1.29, 1.82) is 0 Å². The van der Waals surface area contributed by atoms with Crippen LogP contribution in [0, 0.1) is 6.92 Å². The summed E-state index contributed by atoms with van der Waals surface area (Å²) in [7, 11) is 0. The van der Waals surface area contributed by atoms with E-state index >= 15 is 0 Å². The van der Waals surface area contributed by atoms with Crippen LogP contribution < -0.4 is 4.90 Å². The van der Waals surface area contributed by atoms with Gasteiger partial charge >= 0.3 is 6.18 Å². The molecule has 0 amide bonds. The van der Waals surface area contributed by atoms with Crippen LogP contribution in [0.15, 0.2) is 24.3 Å². The maximum Gasteiger partial charge on any atom is 0.405 e. The van der Waals surface area contributed by atoms with Gasteiger partial charge in [-0.15, -0.1) is 0 Å². The molecule has 1 rings (SSSR count). The van der Waals surface area contributed by atoms with Gasteiger partial charge in [0.25, 0.3) is 0 Å². The van der Waals surface area contributed by atoms with E-state index in [0.717, 1.165) is 17.5 Å². The van der Waals surface area contributed by atoms with Crippen molar-refractivity contribution in [2.24, 2.45) is 0 Å². The van der Waals surface area contributed by atoms with Crippen LogP contribution in [0.25, 0.3) is 6.08 Å². The normalized spacial score (nSPS) is 12.1. The molecule has 1 aromatic carbocycles. The van der Waals surface area contributed by atoms with Crippen LogP contribution in [0.4, 0.5) is 18.9 Å². The van der Waals surface area contributed by atoms with Gasteiger partial charge in [-0.05, 0) is 37.0 Å². The lowest BCUT2D eigenvalue weighted by atomic mass is 10.1. The van der Waals surface area contributed by atoms with Crippen molar-refractivity contribution in [2.75, 3.05) is 18.0 Å². The van der Waals surface area contributed by atoms with Crippen LogP contribution >= 0.6 is 0 Å². The van der Waals surface area contributed by atoms with E-state index in [1.165, 1.54) is 4.90 Å². The van der Waals surface area contributed by atoms with Crippen molar-refractivity contribution < 1.29 is 13.2 Å². The Bertz CT molecular complexity index is 450. The van der Waals surface area contributed by atoms with E-state index in [2.05, 4.69) is 0 Å². The lowest BCUT2D eigenvalue weighted by Gasteiger charge is -2.27. The summed E-state index contributed by atoms with van der Waals surface area (Å²) in [5, 5.41) is 0.